The fourth-order valence-electron chi connectivity index (χ4n) is 2.59. The van der Waals surface area contributed by atoms with Crippen LogP contribution in [-0.2, 0) is 9.53 Å². The van der Waals surface area contributed by atoms with Gasteiger partial charge in [-0.05, 0) is 43.3 Å². The molecule has 0 unspecified atom stereocenters. The summed E-state index contributed by atoms with van der Waals surface area (Å²) < 4.78 is 10.5. The Balaban J connectivity index is 1.69. The minimum absolute atomic E-state index is 0.150. The Morgan fingerprint density at radius 3 is 2.72 bits per heavy atom. The third kappa shape index (κ3) is 5.31. The van der Waals surface area contributed by atoms with Crippen molar-refractivity contribution in [2.24, 2.45) is 0 Å². The lowest BCUT2D eigenvalue weighted by Gasteiger charge is -2.08. The summed E-state index contributed by atoms with van der Waals surface area (Å²) >= 11 is 12.1. The van der Waals surface area contributed by atoms with Crippen LogP contribution >= 0.6 is 23.2 Å². The second-order valence-corrected chi connectivity index (χ2v) is 6.76. The molecule has 0 saturated carbocycles. The Bertz CT molecular complexity index is 1030. The fourth-order valence-corrected chi connectivity index (χ4v) is 2.93. The molecule has 2 aromatic heterocycles. The second-order valence-electron chi connectivity index (χ2n) is 5.94. The summed E-state index contributed by atoms with van der Waals surface area (Å²) in [6, 6.07) is 8.89. The number of aromatic nitrogens is 2. The van der Waals surface area contributed by atoms with Gasteiger partial charge in [0.25, 0.3) is 5.91 Å². The number of methoxy groups -OCH3 is 1. The van der Waals surface area contributed by atoms with E-state index in [2.05, 4.69) is 15.3 Å². The number of nitrogens with zero attached hydrogens (tertiary/aromatic N) is 1. The number of amides is 1. The molecule has 3 aromatic rings. The molecule has 1 aromatic carbocycles. The van der Waals surface area contributed by atoms with Crippen molar-refractivity contribution in [2.75, 3.05) is 19.0 Å². The smallest absolute Gasteiger partial charge is 0.290 e. The van der Waals surface area contributed by atoms with E-state index >= 15 is 0 Å². The van der Waals surface area contributed by atoms with Crippen LogP contribution in [0.15, 0.2) is 54.4 Å². The van der Waals surface area contributed by atoms with E-state index in [4.69, 9.17) is 32.7 Å². The third-order valence-electron chi connectivity index (χ3n) is 3.94. The van der Waals surface area contributed by atoms with Crippen LogP contribution in [0.4, 0.5) is 5.69 Å². The van der Waals surface area contributed by atoms with E-state index in [0.717, 1.165) is 16.6 Å². The highest BCUT2D eigenvalue weighted by atomic mass is 35.5. The van der Waals surface area contributed by atoms with Gasteiger partial charge in [-0.25, -0.2) is 4.98 Å². The van der Waals surface area contributed by atoms with Crippen LogP contribution in [0, 0.1) is 0 Å². The number of anilines is 1. The number of hydrogen-bond acceptors (Lipinski definition) is 4. The number of rotatable bonds is 7. The normalized spacial score (nSPS) is 11.8. The number of ether oxygens (including phenoxy) is 2. The minimum Gasteiger partial charge on any atom is -0.491 e. The molecule has 0 saturated heterocycles. The minimum atomic E-state index is -0.390. The zero-order chi connectivity index (χ0) is 20.8. The van der Waals surface area contributed by atoms with Crippen molar-refractivity contribution in [3.8, 4) is 5.88 Å². The first-order valence-electron chi connectivity index (χ1n) is 8.80. The zero-order valence-electron chi connectivity index (χ0n) is 15.8. The Morgan fingerprint density at radius 2 is 2.03 bits per heavy atom. The molecule has 0 bridgehead atoms. The van der Waals surface area contributed by atoms with Crippen molar-refractivity contribution in [3.63, 3.8) is 0 Å². The number of halogens is 2. The first-order chi connectivity index (χ1) is 14.0. The Morgan fingerprint density at radius 1 is 1.24 bits per heavy atom. The molecule has 2 N–H and O–H groups in total. The van der Waals surface area contributed by atoms with Crippen LogP contribution in [0.25, 0.3) is 17.0 Å². The zero-order valence-corrected chi connectivity index (χ0v) is 17.3. The standard InChI is InChI=1S/C21H19Cl2N3O3/c1-3-29-20-8-7-15(12-24-20)26-21(27)19(28-2)6-4-5-14-9-13-10-16(22)17(23)11-18(13)25-14/h4-12,25H,3H2,1-2H3,(H,26,27). The van der Waals surface area contributed by atoms with Crippen LogP contribution in [0.1, 0.15) is 12.6 Å². The number of pyridine rings is 1. The maximum absolute atomic E-state index is 12.4. The first kappa shape index (κ1) is 20.8. The molecule has 8 heteroatoms. The van der Waals surface area contributed by atoms with Gasteiger partial charge in [-0.3, -0.25) is 4.79 Å². The molecular formula is C21H19Cl2N3O3. The van der Waals surface area contributed by atoms with E-state index in [0.29, 0.717) is 28.2 Å². The first-order valence-corrected chi connectivity index (χ1v) is 9.56. The van der Waals surface area contributed by atoms with Gasteiger partial charge in [-0.2, -0.15) is 0 Å². The monoisotopic (exact) mass is 431 g/mol. The fraction of sp³-hybridized carbons (Fsp3) is 0.143. The number of nitrogens with one attached hydrogen (secondary N) is 2. The van der Waals surface area contributed by atoms with Crippen molar-refractivity contribution in [1.29, 1.82) is 0 Å². The molecule has 0 spiro atoms. The van der Waals surface area contributed by atoms with Gasteiger partial charge < -0.3 is 19.8 Å². The summed E-state index contributed by atoms with van der Waals surface area (Å²) in [6.07, 6.45) is 6.62. The molecule has 0 aliphatic carbocycles. The van der Waals surface area contributed by atoms with Crippen LogP contribution < -0.4 is 10.1 Å². The van der Waals surface area contributed by atoms with Crippen LogP contribution in [0.3, 0.4) is 0 Å². The second kappa shape index (κ2) is 9.49. The molecule has 0 aliphatic heterocycles. The number of H-pyrrole nitrogens is 1. The van der Waals surface area contributed by atoms with E-state index in [1.807, 2.05) is 19.1 Å². The maximum Gasteiger partial charge on any atom is 0.290 e. The molecule has 0 radical (unpaired) electrons. The van der Waals surface area contributed by atoms with Gasteiger partial charge in [0.1, 0.15) is 0 Å². The predicted molar refractivity (Wildman–Crippen MR) is 116 cm³/mol. The number of aromatic amines is 1. The SMILES string of the molecule is CCOc1ccc(NC(=O)C(=CC=Cc2cc3cc(Cl)c(Cl)cc3[nH]2)OC)cn1. The summed E-state index contributed by atoms with van der Waals surface area (Å²) in [6.45, 7) is 2.40. The topological polar surface area (TPSA) is 76.2 Å². The molecule has 3 rings (SSSR count). The van der Waals surface area contributed by atoms with Gasteiger partial charge in [-0.1, -0.05) is 29.3 Å². The van der Waals surface area contributed by atoms with Crippen LogP contribution in [-0.4, -0.2) is 29.6 Å². The highest BCUT2D eigenvalue weighted by Crippen LogP contribution is 2.28. The summed E-state index contributed by atoms with van der Waals surface area (Å²) in [5, 5.41) is 4.64. The van der Waals surface area contributed by atoms with Crippen molar-refractivity contribution >= 4 is 51.8 Å². The van der Waals surface area contributed by atoms with E-state index in [1.54, 1.807) is 36.4 Å². The molecule has 2 heterocycles. The van der Waals surface area contributed by atoms with Crippen molar-refractivity contribution in [2.45, 2.75) is 6.92 Å². The van der Waals surface area contributed by atoms with Crippen LogP contribution in [0.2, 0.25) is 10.0 Å². The average Bonchev–Trinajstić information content (AvgIpc) is 3.08. The Kier molecular flexibility index (Phi) is 6.80. The number of benzene rings is 1. The summed E-state index contributed by atoms with van der Waals surface area (Å²) in [4.78, 5) is 19.7. The van der Waals surface area contributed by atoms with Crippen molar-refractivity contribution < 1.29 is 14.3 Å². The van der Waals surface area contributed by atoms with Gasteiger partial charge in [0, 0.05) is 22.7 Å². The Hall–Kier alpha value is -2.96. The molecule has 0 atom stereocenters. The van der Waals surface area contributed by atoms with E-state index in [9.17, 15) is 4.79 Å². The lowest BCUT2D eigenvalue weighted by atomic mass is 10.2. The molecule has 0 fully saturated rings. The summed E-state index contributed by atoms with van der Waals surface area (Å²) in [7, 11) is 1.43. The molecular weight excluding hydrogens is 413 g/mol. The largest absolute Gasteiger partial charge is 0.491 e. The average molecular weight is 432 g/mol. The van der Waals surface area contributed by atoms with Gasteiger partial charge in [0.2, 0.25) is 5.88 Å². The molecule has 150 valence electrons. The number of allylic oxidation sites excluding steroid dienone is 2. The van der Waals surface area contributed by atoms with Gasteiger partial charge >= 0.3 is 0 Å². The van der Waals surface area contributed by atoms with Crippen molar-refractivity contribution in [1.82, 2.24) is 9.97 Å². The van der Waals surface area contributed by atoms with E-state index in [-0.39, 0.29) is 5.76 Å². The van der Waals surface area contributed by atoms with Crippen molar-refractivity contribution in [3.05, 3.63) is 70.2 Å². The van der Waals surface area contributed by atoms with Gasteiger partial charge in [0.05, 0.1) is 35.6 Å². The molecule has 29 heavy (non-hydrogen) atoms. The van der Waals surface area contributed by atoms with E-state index < -0.39 is 5.91 Å². The lowest BCUT2D eigenvalue weighted by Crippen LogP contribution is -2.15. The number of carbonyl (C=O) groups excluding carboxylic acids is 1. The predicted octanol–water partition coefficient (Wildman–Crippen LogP) is 5.45. The van der Waals surface area contributed by atoms with Crippen LogP contribution in [0.5, 0.6) is 5.88 Å². The summed E-state index contributed by atoms with van der Waals surface area (Å²) in [5.74, 6) is 0.257. The number of carbonyl (C=O) groups is 1. The van der Waals surface area contributed by atoms with Gasteiger partial charge in [-0.15, -0.1) is 0 Å². The number of hydrogen-bond donors (Lipinski definition) is 2. The number of fused-ring (bicyclic) bond motifs is 1. The molecule has 6 nitrogen and oxygen atoms in total. The molecule has 0 aliphatic rings. The third-order valence-corrected chi connectivity index (χ3v) is 4.66. The quantitative estimate of drug-likeness (QED) is 0.296. The summed E-state index contributed by atoms with van der Waals surface area (Å²) in [5.41, 5.74) is 2.24. The van der Waals surface area contributed by atoms with E-state index in [1.165, 1.54) is 13.3 Å². The Labute approximate surface area is 178 Å². The highest BCUT2D eigenvalue weighted by molar-refractivity contribution is 6.42. The maximum atomic E-state index is 12.4. The lowest BCUT2D eigenvalue weighted by molar-refractivity contribution is -0.115. The highest BCUT2D eigenvalue weighted by Gasteiger charge is 2.10. The molecule has 1 amide bonds. The van der Waals surface area contributed by atoms with Gasteiger partial charge in [0.15, 0.2) is 5.76 Å².